The molecule has 2 atom stereocenters. The van der Waals surface area contributed by atoms with E-state index in [0.717, 1.165) is 30.6 Å². The van der Waals surface area contributed by atoms with Crippen LogP contribution in [0.2, 0.25) is 0 Å². The number of halogens is 1. The Labute approximate surface area is 116 Å². The van der Waals surface area contributed by atoms with Crippen molar-refractivity contribution in [2.24, 2.45) is 13.0 Å². The van der Waals surface area contributed by atoms with Crippen molar-refractivity contribution < 1.29 is 14.3 Å². The Morgan fingerprint density at radius 2 is 2.15 bits per heavy atom. The number of nitrogens with zero attached hydrogens (tertiary/aromatic N) is 2. The highest BCUT2D eigenvalue weighted by atomic mass is 19.1. The van der Waals surface area contributed by atoms with Crippen LogP contribution < -0.4 is 0 Å². The number of imidazole rings is 1. The molecular formula is C15H17FN2O2. The third-order valence-corrected chi connectivity index (χ3v) is 4.29. The van der Waals surface area contributed by atoms with Gasteiger partial charge in [0.25, 0.3) is 0 Å². The van der Waals surface area contributed by atoms with E-state index in [2.05, 4.69) is 4.98 Å². The van der Waals surface area contributed by atoms with Crippen LogP contribution in [0.25, 0.3) is 11.0 Å². The normalized spacial score (nSPS) is 23.1. The standard InChI is InChI=1S/C15H17FN2O2/c1-18-13-7-6-9(16)8-12(13)17-14(18)10-4-2-3-5-11(10)15(19)20/h6-8,10-11H,2-5H2,1H3,(H,19,20). The van der Waals surface area contributed by atoms with Gasteiger partial charge in [-0.05, 0) is 25.0 Å². The largest absolute Gasteiger partial charge is 0.481 e. The Kier molecular flexibility index (Phi) is 3.20. The number of aryl methyl sites for hydroxylation is 1. The zero-order chi connectivity index (χ0) is 14.3. The molecule has 20 heavy (non-hydrogen) atoms. The molecule has 4 nitrogen and oxygen atoms in total. The van der Waals surface area contributed by atoms with Gasteiger partial charge in [-0.3, -0.25) is 4.79 Å². The Hall–Kier alpha value is -1.91. The molecule has 1 saturated carbocycles. The Morgan fingerprint density at radius 3 is 2.90 bits per heavy atom. The van der Waals surface area contributed by atoms with Crippen molar-refractivity contribution in [3.8, 4) is 0 Å². The summed E-state index contributed by atoms with van der Waals surface area (Å²) in [5.41, 5.74) is 1.44. The molecule has 1 fully saturated rings. The topological polar surface area (TPSA) is 55.1 Å². The Balaban J connectivity index is 2.08. The Morgan fingerprint density at radius 1 is 1.40 bits per heavy atom. The van der Waals surface area contributed by atoms with Crippen molar-refractivity contribution in [1.82, 2.24) is 9.55 Å². The molecule has 0 saturated heterocycles. The van der Waals surface area contributed by atoms with Crippen LogP contribution in [0.15, 0.2) is 18.2 Å². The number of carboxylic acid groups (broad SMARTS) is 1. The number of fused-ring (bicyclic) bond motifs is 1. The maximum atomic E-state index is 13.3. The van der Waals surface area contributed by atoms with E-state index < -0.39 is 5.97 Å². The second-order valence-corrected chi connectivity index (χ2v) is 5.50. The molecule has 3 rings (SSSR count). The Bertz CT molecular complexity index is 665. The van der Waals surface area contributed by atoms with E-state index in [1.165, 1.54) is 12.1 Å². The first-order chi connectivity index (χ1) is 9.58. The lowest BCUT2D eigenvalue weighted by molar-refractivity contribution is -0.143. The number of aliphatic carboxylic acids is 1. The van der Waals surface area contributed by atoms with Gasteiger partial charge in [-0.1, -0.05) is 12.8 Å². The number of carbonyl (C=O) groups is 1. The molecule has 1 aromatic carbocycles. The predicted molar refractivity (Wildman–Crippen MR) is 73.0 cm³/mol. The van der Waals surface area contributed by atoms with Gasteiger partial charge in [0.15, 0.2) is 0 Å². The molecule has 0 amide bonds. The van der Waals surface area contributed by atoms with Gasteiger partial charge in [0.1, 0.15) is 11.6 Å². The lowest BCUT2D eigenvalue weighted by atomic mass is 9.79. The van der Waals surface area contributed by atoms with E-state index in [0.29, 0.717) is 11.9 Å². The van der Waals surface area contributed by atoms with Crippen LogP contribution in [-0.4, -0.2) is 20.6 Å². The number of carboxylic acids is 1. The minimum absolute atomic E-state index is 0.0817. The summed E-state index contributed by atoms with van der Waals surface area (Å²) in [6.45, 7) is 0. The van der Waals surface area contributed by atoms with Crippen molar-refractivity contribution in [1.29, 1.82) is 0 Å². The zero-order valence-corrected chi connectivity index (χ0v) is 11.3. The number of hydrogen-bond acceptors (Lipinski definition) is 2. The van der Waals surface area contributed by atoms with Gasteiger partial charge in [-0.25, -0.2) is 9.37 Å². The van der Waals surface area contributed by atoms with Gasteiger partial charge in [-0.15, -0.1) is 0 Å². The van der Waals surface area contributed by atoms with Crippen LogP contribution in [0.3, 0.4) is 0 Å². The van der Waals surface area contributed by atoms with Crippen molar-refractivity contribution in [3.05, 3.63) is 29.8 Å². The van der Waals surface area contributed by atoms with Gasteiger partial charge < -0.3 is 9.67 Å². The maximum absolute atomic E-state index is 13.3. The minimum Gasteiger partial charge on any atom is -0.481 e. The first-order valence-corrected chi connectivity index (χ1v) is 6.92. The average molecular weight is 276 g/mol. The van der Waals surface area contributed by atoms with Crippen LogP contribution in [0.1, 0.15) is 37.4 Å². The molecule has 2 aromatic rings. The lowest BCUT2D eigenvalue weighted by Gasteiger charge is -2.27. The molecule has 5 heteroatoms. The van der Waals surface area contributed by atoms with Gasteiger partial charge in [0, 0.05) is 19.0 Å². The number of rotatable bonds is 2. The maximum Gasteiger partial charge on any atom is 0.307 e. The highest BCUT2D eigenvalue weighted by molar-refractivity contribution is 5.77. The molecule has 2 unspecified atom stereocenters. The average Bonchev–Trinajstić information content (AvgIpc) is 2.75. The second-order valence-electron chi connectivity index (χ2n) is 5.50. The van der Waals surface area contributed by atoms with E-state index in [1.54, 1.807) is 6.07 Å². The third-order valence-electron chi connectivity index (χ3n) is 4.29. The molecule has 1 heterocycles. The van der Waals surface area contributed by atoms with E-state index in [9.17, 15) is 14.3 Å². The monoisotopic (exact) mass is 276 g/mol. The van der Waals surface area contributed by atoms with E-state index in [-0.39, 0.29) is 17.7 Å². The van der Waals surface area contributed by atoms with Crippen molar-refractivity contribution in [2.75, 3.05) is 0 Å². The zero-order valence-electron chi connectivity index (χ0n) is 11.3. The molecule has 0 bridgehead atoms. The summed E-state index contributed by atoms with van der Waals surface area (Å²) in [6.07, 6.45) is 3.49. The fourth-order valence-electron chi connectivity index (χ4n) is 3.26. The molecule has 0 aliphatic heterocycles. The quantitative estimate of drug-likeness (QED) is 0.917. The van der Waals surface area contributed by atoms with Crippen molar-refractivity contribution in [3.63, 3.8) is 0 Å². The fourth-order valence-corrected chi connectivity index (χ4v) is 3.26. The predicted octanol–water partition coefficient (Wildman–Crippen LogP) is 3.07. The van der Waals surface area contributed by atoms with E-state index in [1.807, 2.05) is 11.6 Å². The van der Waals surface area contributed by atoms with Gasteiger partial charge in [0.2, 0.25) is 0 Å². The molecule has 1 aliphatic rings. The van der Waals surface area contributed by atoms with Gasteiger partial charge in [-0.2, -0.15) is 0 Å². The molecule has 1 aromatic heterocycles. The van der Waals surface area contributed by atoms with E-state index in [4.69, 9.17) is 0 Å². The highest BCUT2D eigenvalue weighted by Crippen LogP contribution is 2.38. The summed E-state index contributed by atoms with van der Waals surface area (Å²) in [5.74, 6) is -0.781. The van der Waals surface area contributed by atoms with Crippen LogP contribution in [0, 0.1) is 11.7 Å². The van der Waals surface area contributed by atoms with Crippen molar-refractivity contribution in [2.45, 2.75) is 31.6 Å². The van der Waals surface area contributed by atoms with Crippen LogP contribution in [0.5, 0.6) is 0 Å². The van der Waals surface area contributed by atoms with Crippen molar-refractivity contribution >= 4 is 17.0 Å². The van der Waals surface area contributed by atoms with Crippen LogP contribution in [-0.2, 0) is 11.8 Å². The summed E-state index contributed by atoms with van der Waals surface area (Å²) in [7, 11) is 1.87. The van der Waals surface area contributed by atoms with Crippen LogP contribution in [0.4, 0.5) is 4.39 Å². The molecule has 0 radical (unpaired) electrons. The van der Waals surface area contributed by atoms with Crippen LogP contribution >= 0.6 is 0 Å². The molecule has 0 spiro atoms. The SMILES string of the molecule is Cn1c(C2CCCCC2C(=O)O)nc2cc(F)ccc21. The van der Waals surface area contributed by atoms with E-state index >= 15 is 0 Å². The minimum atomic E-state index is -0.757. The second kappa shape index (κ2) is 4.89. The van der Waals surface area contributed by atoms with Gasteiger partial charge >= 0.3 is 5.97 Å². The first kappa shape index (κ1) is 13.1. The summed E-state index contributed by atoms with van der Waals surface area (Å²) in [6, 6.07) is 4.50. The van der Waals surface area contributed by atoms with Gasteiger partial charge in [0.05, 0.1) is 17.0 Å². The molecule has 106 valence electrons. The fraction of sp³-hybridized carbons (Fsp3) is 0.467. The summed E-state index contributed by atoms with van der Waals surface area (Å²) < 4.78 is 15.2. The summed E-state index contributed by atoms with van der Waals surface area (Å²) >= 11 is 0. The highest BCUT2D eigenvalue weighted by Gasteiger charge is 2.34. The summed E-state index contributed by atoms with van der Waals surface area (Å²) in [4.78, 5) is 15.9. The first-order valence-electron chi connectivity index (χ1n) is 6.92. The number of aromatic nitrogens is 2. The molecular weight excluding hydrogens is 259 g/mol. The number of benzene rings is 1. The lowest BCUT2D eigenvalue weighted by Crippen LogP contribution is -2.27. The summed E-state index contributed by atoms with van der Waals surface area (Å²) in [5, 5.41) is 9.38. The molecule has 1 aliphatic carbocycles. The molecule has 1 N–H and O–H groups in total. The number of hydrogen-bond donors (Lipinski definition) is 1. The smallest absolute Gasteiger partial charge is 0.307 e. The third kappa shape index (κ3) is 2.07.